The topological polar surface area (TPSA) is 133 Å². The first-order valence-corrected chi connectivity index (χ1v) is 13.7. The molecule has 0 bridgehead atoms. The van der Waals surface area contributed by atoms with Gasteiger partial charge in [-0.25, -0.2) is 19.3 Å². The van der Waals surface area contributed by atoms with Gasteiger partial charge in [-0.3, -0.25) is 9.69 Å². The fraction of sp³-hybridized carbons (Fsp3) is 0.367. The third-order valence-corrected chi connectivity index (χ3v) is 7.59. The number of amides is 1. The lowest BCUT2D eigenvalue weighted by molar-refractivity contribution is -0.903. The number of quaternary nitrogens is 1. The summed E-state index contributed by atoms with van der Waals surface area (Å²) in [4.78, 5) is 39.8. The number of methoxy groups -OCH3 is 1. The average Bonchev–Trinajstić information content (AvgIpc) is 3.35. The number of hydrogen-bond acceptors (Lipinski definition) is 7. The molecule has 0 saturated carbocycles. The zero-order valence-corrected chi connectivity index (χ0v) is 25.0. The molecule has 44 heavy (non-hydrogen) atoms. The van der Waals surface area contributed by atoms with Crippen LogP contribution in [0, 0.1) is 11.3 Å². The number of halogens is 3. The molecule has 0 aliphatic carbocycles. The smallest absolute Gasteiger partial charge is 0.416 e. The number of nitrogens with one attached hydrogen (secondary N) is 2. The molecule has 1 amide bonds. The maximum Gasteiger partial charge on any atom is 0.416 e. The molecule has 2 N–H and O–H groups in total. The van der Waals surface area contributed by atoms with Crippen LogP contribution in [0.1, 0.15) is 48.1 Å². The fourth-order valence-electron chi connectivity index (χ4n) is 5.49. The minimum atomic E-state index is -4.63. The number of carbonyl (C=O) groups is 2. The number of nitriles is 1. The van der Waals surface area contributed by atoms with Gasteiger partial charge in [-0.1, -0.05) is 12.1 Å². The molecule has 1 aromatic heterocycles. The van der Waals surface area contributed by atoms with Crippen LogP contribution in [0.5, 0.6) is 0 Å². The second kappa shape index (κ2) is 12.4. The summed E-state index contributed by atoms with van der Waals surface area (Å²) >= 11 is 0. The zero-order valence-electron chi connectivity index (χ0n) is 25.0. The number of aromatic amines is 1. The van der Waals surface area contributed by atoms with Crippen molar-refractivity contribution in [2.24, 2.45) is 0 Å². The molecule has 4 rings (SSSR count). The second-order valence-corrected chi connectivity index (χ2v) is 11.1. The number of rotatable bonds is 9. The molecule has 232 valence electrons. The van der Waals surface area contributed by atoms with Gasteiger partial charge in [0.05, 0.1) is 50.5 Å². The zero-order chi connectivity index (χ0) is 32.4. The van der Waals surface area contributed by atoms with Gasteiger partial charge in [-0.05, 0) is 42.8 Å². The van der Waals surface area contributed by atoms with Crippen molar-refractivity contribution < 1.29 is 32.0 Å². The Morgan fingerprint density at radius 1 is 1.20 bits per heavy atom. The summed E-state index contributed by atoms with van der Waals surface area (Å²) in [6, 6.07) is 10.4. The number of nitrogens with zero attached hydrogens (tertiary/aromatic N) is 5. The van der Waals surface area contributed by atoms with E-state index < -0.39 is 29.4 Å². The Bertz CT molecular complexity index is 1720. The highest BCUT2D eigenvalue weighted by Gasteiger charge is 2.41. The molecule has 1 aliphatic heterocycles. The first-order chi connectivity index (χ1) is 20.7. The highest BCUT2D eigenvalue weighted by Crippen LogP contribution is 2.43. The normalized spacial score (nSPS) is 15.1. The van der Waals surface area contributed by atoms with Gasteiger partial charge in [-0.15, -0.1) is 5.10 Å². The van der Waals surface area contributed by atoms with Gasteiger partial charge in [0.25, 0.3) is 0 Å². The van der Waals surface area contributed by atoms with Crippen molar-refractivity contribution in [3.8, 4) is 6.07 Å². The molecule has 11 nitrogen and oxygen atoms in total. The van der Waals surface area contributed by atoms with Gasteiger partial charge < -0.3 is 14.5 Å². The predicted octanol–water partition coefficient (Wildman–Crippen LogP) is 3.75. The van der Waals surface area contributed by atoms with E-state index in [1.165, 1.54) is 28.7 Å². The summed E-state index contributed by atoms with van der Waals surface area (Å²) in [7, 11) is 6.66. The van der Waals surface area contributed by atoms with Gasteiger partial charge in [0.15, 0.2) is 0 Å². The summed E-state index contributed by atoms with van der Waals surface area (Å²) < 4.78 is 47.6. The number of ether oxygens (including phenoxy) is 1. The van der Waals surface area contributed by atoms with E-state index in [0.29, 0.717) is 47.1 Å². The van der Waals surface area contributed by atoms with Gasteiger partial charge in [0.2, 0.25) is 11.9 Å². The largest absolute Gasteiger partial charge is 0.466 e. The van der Waals surface area contributed by atoms with E-state index in [4.69, 9.17) is 4.74 Å². The number of hydrogen-bond donors (Lipinski definition) is 2. The lowest BCUT2D eigenvalue weighted by Crippen LogP contribution is -2.41. The van der Waals surface area contributed by atoms with Crippen molar-refractivity contribution in [1.29, 1.82) is 5.26 Å². The number of carbonyl (C=O) groups excluding carboxylic acids is 2. The Morgan fingerprint density at radius 3 is 2.57 bits per heavy atom. The van der Waals surface area contributed by atoms with Crippen molar-refractivity contribution in [3.63, 3.8) is 0 Å². The van der Waals surface area contributed by atoms with Crippen LogP contribution in [0.4, 0.5) is 24.8 Å². The number of anilines is 2. The molecule has 3 aromatic rings. The van der Waals surface area contributed by atoms with Crippen molar-refractivity contribution in [1.82, 2.24) is 20.1 Å². The molecule has 0 spiro atoms. The number of H-pyrrole nitrogens is 1. The minimum absolute atomic E-state index is 0.0109. The number of fused-ring (bicyclic) bond motifs is 1. The van der Waals surface area contributed by atoms with Crippen LogP contribution in [0.3, 0.4) is 0 Å². The van der Waals surface area contributed by atoms with Gasteiger partial charge >= 0.3 is 17.8 Å². The second-order valence-electron chi connectivity index (χ2n) is 11.1. The molecule has 1 aliphatic rings. The molecule has 0 radical (unpaired) electrons. The predicted molar refractivity (Wildman–Crippen MR) is 154 cm³/mol. The Kier molecular flexibility index (Phi) is 9.01. The average molecular weight is 613 g/mol. The van der Waals surface area contributed by atoms with E-state index in [2.05, 4.69) is 21.6 Å². The molecule has 1 unspecified atom stereocenters. The molecular formula is C30H33F3N7O4+. The van der Waals surface area contributed by atoms with E-state index in [-0.39, 0.29) is 28.8 Å². The SMILES string of the molecule is CNC(=O)CCC[N+](C)(C)Cc1cc(C#N)ccc1C1C(C(=O)OC)=C(C)N(c2cccc(C(F)(F)F)c2)c2n[nH]c(=O)n21. The quantitative estimate of drug-likeness (QED) is 0.278. The van der Waals surface area contributed by atoms with Crippen LogP contribution in [-0.2, 0) is 27.0 Å². The Labute approximate surface area is 251 Å². The third kappa shape index (κ3) is 6.37. The number of benzene rings is 2. The number of allylic oxidation sites excluding steroid dienone is 1. The standard InChI is InChI=1S/C30H32F3N7O4/c1-18-25(27(42)44-5)26(23-12-11-19(16-34)14-20(23)17-40(3,4)13-7-10-24(41)35-2)39-28(36-37-29(39)43)38(18)22-9-6-8-21(15-22)30(31,32)33/h6,8-9,11-12,14-15,26H,7,10,13,17H2,1-5H3,(H-,35,37,41,43)/p+1. The van der Waals surface area contributed by atoms with E-state index in [0.717, 1.165) is 12.1 Å². The summed E-state index contributed by atoms with van der Waals surface area (Å²) in [6.45, 7) is 2.51. The maximum atomic E-state index is 13.6. The fourth-order valence-corrected chi connectivity index (χ4v) is 5.49. The first kappa shape index (κ1) is 32.0. The van der Waals surface area contributed by atoms with E-state index in [9.17, 15) is 32.8 Å². The first-order valence-electron chi connectivity index (χ1n) is 13.7. The molecule has 2 aromatic carbocycles. The monoisotopic (exact) mass is 612 g/mol. The number of alkyl halides is 3. The Hall–Kier alpha value is -4.90. The van der Waals surface area contributed by atoms with Crippen molar-refractivity contribution >= 4 is 23.5 Å². The Morgan fingerprint density at radius 2 is 1.93 bits per heavy atom. The molecule has 14 heteroatoms. The van der Waals surface area contributed by atoms with Crippen molar-refractivity contribution in [2.75, 3.05) is 39.7 Å². The van der Waals surface area contributed by atoms with Crippen LogP contribution in [0.2, 0.25) is 0 Å². The molecule has 0 fully saturated rings. The van der Waals surface area contributed by atoms with Gasteiger partial charge in [0, 0.05) is 36.8 Å². The highest BCUT2D eigenvalue weighted by atomic mass is 19.4. The van der Waals surface area contributed by atoms with Crippen LogP contribution >= 0.6 is 0 Å². The van der Waals surface area contributed by atoms with Crippen LogP contribution in [0.25, 0.3) is 0 Å². The van der Waals surface area contributed by atoms with E-state index in [1.807, 2.05) is 14.1 Å². The number of aromatic nitrogens is 3. The van der Waals surface area contributed by atoms with Crippen LogP contribution in [-0.4, -0.2) is 65.9 Å². The van der Waals surface area contributed by atoms with Crippen molar-refractivity contribution in [3.05, 3.63) is 86.5 Å². The van der Waals surface area contributed by atoms with Crippen LogP contribution in [0.15, 0.2) is 58.5 Å². The third-order valence-electron chi connectivity index (χ3n) is 7.59. The number of esters is 1. The highest BCUT2D eigenvalue weighted by molar-refractivity contribution is 5.93. The molecular weight excluding hydrogens is 579 g/mol. The summed E-state index contributed by atoms with van der Waals surface area (Å²) in [5, 5.41) is 18.8. The summed E-state index contributed by atoms with van der Waals surface area (Å²) in [5.41, 5.74) is 0.154. The van der Waals surface area contributed by atoms with E-state index >= 15 is 0 Å². The van der Waals surface area contributed by atoms with E-state index in [1.54, 1.807) is 32.2 Å². The maximum absolute atomic E-state index is 13.6. The van der Waals surface area contributed by atoms with Gasteiger partial charge in [0.1, 0.15) is 12.6 Å². The van der Waals surface area contributed by atoms with Gasteiger partial charge in [-0.2, -0.15) is 18.4 Å². The lowest BCUT2D eigenvalue weighted by atomic mass is 9.89. The summed E-state index contributed by atoms with van der Waals surface area (Å²) in [5.74, 6) is -0.906. The minimum Gasteiger partial charge on any atom is -0.466 e. The molecule has 2 heterocycles. The van der Waals surface area contributed by atoms with Crippen LogP contribution < -0.4 is 15.9 Å². The summed E-state index contributed by atoms with van der Waals surface area (Å²) in [6.07, 6.45) is -3.71. The Balaban J connectivity index is 1.91. The van der Waals surface area contributed by atoms with Crippen molar-refractivity contribution in [2.45, 2.75) is 38.5 Å². The molecule has 1 atom stereocenters. The molecule has 0 saturated heterocycles. The lowest BCUT2D eigenvalue weighted by Gasteiger charge is -2.37.